The van der Waals surface area contributed by atoms with Gasteiger partial charge in [0.15, 0.2) is 0 Å². The fourth-order valence-electron chi connectivity index (χ4n) is 2.89. The van der Waals surface area contributed by atoms with E-state index in [1.54, 1.807) is 0 Å². The van der Waals surface area contributed by atoms with E-state index in [4.69, 9.17) is 9.47 Å². The van der Waals surface area contributed by atoms with Crippen LogP contribution in [0.3, 0.4) is 0 Å². The number of rotatable bonds is 4. The van der Waals surface area contributed by atoms with E-state index >= 15 is 0 Å². The monoisotopic (exact) mass is 276 g/mol. The average Bonchev–Trinajstić information content (AvgIpc) is 2.86. The number of benzene rings is 1. The molecule has 0 spiro atoms. The molecule has 2 aliphatic rings. The maximum Gasteiger partial charge on any atom is 0.142 e. The van der Waals surface area contributed by atoms with E-state index in [0.29, 0.717) is 6.61 Å². The van der Waals surface area contributed by atoms with Gasteiger partial charge in [-0.1, -0.05) is 12.1 Å². The van der Waals surface area contributed by atoms with Gasteiger partial charge in [-0.15, -0.1) is 0 Å². The predicted molar refractivity (Wildman–Crippen MR) is 80.6 cm³/mol. The van der Waals surface area contributed by atoms with Crippen molar-refractivity contribution >= 4 is 5.69 Å². The van der Waals surface area contributed by atoms with Crippen LogP contribution in [-0.4, -0.2) is 45.5 Å². The number of hydrogen-bond acceptors (Lipinski definition) is 4. The second kappa shape index (κ2) is 6.95. The zero-order valence-electron chi connectivity index (χ0n) is 12.0. The minimum atomic E-state index is 0.272. The van der Waals surface area contributed by atoms with Crippen LogP contribution in [0.5, 0.6) is 5.75 Å². The van der Waals surface area contributed by atoms with Gasteiger partial charge in [-0.05, 0) is 37.9 Å². The number of nitrogens with one attached hydrogen (secondary N) is 1. The quantitative estimate of drug-likeness (QED) is 0.912. The second-order valence-electron chi connectivity index (χ2n) is 5.50. The third kappa shape index (κ3) is 3.44. The second-order valence-corrected chi connectivity index (χ2v) is 5.50. The minimum absolute atomic E-state index is 0.272. The van der Waals surface area contributed by atoms with Gasteiger partial charge in [0.2, 0.25) is 0 Å². The van der Waals surface area contributed by atoms with E-state index in [-0.39, 0.29) is 6.10 Å². The standard InChI is InChI=1S/C16H24N2O2/c1-2-7-16(20-13-14-5-3-12-19-14)15(6-1)18-10-4-8-17-9-11-18/h1-2,6-7,14,17H,3-5,8-13H2. The molecule has 0 aliphatic carbocycles. The van der Waals surface area contributed by atoms with Crippen molar-refractivity contribution in [1.82, 2.24) is 5.32 Å². The van der Waals surface area contributed by atoms with Gasteiger partial charge in [-0.2, -0.15) is 0 Å². The summed E-state index contributed by atoms with van der Waals surface area (Å²) in [6, 6.07) is 8.37. The molecule has 4 nitrogen and oxygen atoms in total. The van der Waals surface area contributed by atoms with E-state index < -0.39 is 0 Å². The molecular formula is C16H24N2O2. The highest BCUT2D eigenvalue weighted by Gasteiger charge is 2.18. The molecule has 4 heteroatoms. The number of anilines is 1. The Morgan fingerprint density at radius 1 is 1.20 bits per heavy atom. The van der Waals surface area contributed by atoms with E-state index in [1.807, 2.05) is 6.07 Å². The van der Waals surface area contributed by atoms with E-state index in [2.05, 4.69) is 28.4 Å². The molecule has 0 saturated carbocycles. The van der Waals surface area contributed by atoms with Crippen LogP contribution >= 0.6 is 0 Å². The third-order valence-corrected chi connectivity index (χ3v) is 3.99. The average molecular weight is 276 g/mol. The van der Waals surface area contributed by atoms with Crippen LogP contribution in [0, 0.1) is 0 Å². The molecule has 0 bridgehead atoms. The van der Waals surface area contributed by atoms with Crippen molar-refractivity contribution in [2.24, 2.45) is 0 Å². The van der Waals surface area contributed by atoms with E-state index in [0.717, 1.165) is 51.4 Å². The first-order valence-electron chi connectivity index (χ1n) is 7.72. The van der Waals surface area contributed by atoms with Crippen molar-refractivity contribution in [3.8, 4) is 5.75 Å². The number of nitrogens with zero attached hydrogens (tertiary/aromatic N) is 1. The van der Waals surface area contributed by atoms with Gasteiger partial charge >= 0.3 is 0 Å². The predicted octanol–water partition coefficient (Wildman–Crippen LogP) is 2.04. The summed E-state index contributed by atoms with van der Waals surface area (Å²) in [6.07, 6.45) is 3.73. The molecule has 2 heterocycles. The lowest BCUT2D eigenvalue weighted by Gasteiger charge is -2.25. The lowest BCUT2D eigenvalue weighted by Crippen LogP contribution is -2.28. The molecule has 1 N–H and O–H groups in total. The summed E-state index contributed by atoms with van der Waals surface area (Å²) in [4.78, 5) is 2.42. The summed E-state index contributed by atoms with van der Waals surface area (Å²) in [7, 11) is 0. The molecular weight excluding hydrogens is 252 g/mol. The molecule has 2 fully saturated rings. The maximum atomic E-state index is 6.03. The molecule has 1 atom stereocenters. The van der Waals surface area contributed by atoms with Crippen LogP contribution in [0.2, 0.25) is 0 Å². The number of para-hydroxylation sites is 2. The summed E-state index contributed by atoms with van der Waals surface area (Å²) in [5.41, 5.74) is 1.22. The molecule has 2 saturated heterocycles. The Hall–Kier alpha value is -1.26. The Balaban J connectivity index is 1.66. The van der Waals surface area contributed by atoms with E-state index in [1.165, 1.54) is 12.1 Å². The van der Waals surface area contributed by atoms with Crippen LogP contribution in [0.4, 0.5) is 5.69 Å². The lowest BCUT2D eigenvalue weighted by molar-refractivity contribution is 0.0681. The topological polar surface area (TPSA) is 33.7 Å². The fraction of sp³-hybridized carbons (Fsp3) is 0.625. The van der Waals surface area contributed by atoms with Crippen molar-refractivity contribution in [2.45, 2.75) is 25.4 Å². The highest BCUT2D eigenvalue weighted by atomic mass is 16.5. The van der Waals surface area contributed by atoms with Crippen molar-refractivity contribution in [2.75, 3.05) is 44.3 Å². The minimum Gasteiger partial charge on any atom is -0.489 e. The van der Waals surface area contributed by atoms with Crippen LogP contribution in [0.25, 0.3) is 0 Å². The van der Waals surface area contributed by atoms with Crippen molar-refractivity contribution in [3.63, 3.8) is 0 Å². The van der Waals surface area contributed by atoms with Gasteiger partial charge in [0, 0.05) is 26.2 Å². The highest BCUT2D eigenvalue weighted by Crippen LogP contribution is 2.29. The Morgan fingerprint density at radius 2 is 2.15 bits per heavy atom. The Morgan fingerprint density at radius 3 is 3.05 bits per heavy atom. The molecule has 1 unspecified atom stereocenters. The number of ether oxygens (including phenoxy) is 2. The Labute approximate surface area is 121 Å². The summed E-state index contributed by atoms with van der Waals surface area (Å²) >= 11 is 0. The summed E-state index contributed by atoms with van der Waals surface area (Å²) in [5.74, 6) is 0.991. The molecule has 1 aromatic carbocycles. The van der Waals surface area contributed by atoms with Crippen LogP contribution in [-0.2, 0) is 4.74 Å². The smallest absolute Gasteiger partial charge is 0.142 e. The van der Waals surface area contributed by atoms with Gasteiger partial charge in [-0.25, -0.2) is 0 Å². The van der Waals surface area contributed by atoms with Crippen LogP contribution < -0.4 is 15.0 Å². The third-order valence-electron chi connectivity index (χ3n) is 3.99. The summed E-state index contributed by atoms with van der Waals surface area (Å²) in [6.45, 7) is 5.83. The summed E-state index contributed by atoms with van der Waals surface area (Å²) < 4.78 is 11.7. The molecule has 1 aromatic rings. The first-order valence-corrected chi connectivity index (χ1v) is 7.72. The molecule has 0 radical (unpaired) electrons. The number of hydrogen-bond donors (Lipinski definition) is 1. The normalized spacial score (nSPS) is 23.6. The molecule has 0 amide bonds. The van der Waals surface area contributed by atoms with Gasteiger partial charge in [0.1, 0.15) is 12.4 Å². The van der Waals surface area contributed by atoms with Gasteiger partial charge in [0.05, 0.1) is 11.8 Å². The molecule has 0 aromatic heterocycles. The van der Waals surface area contributed by atoms with Crippen molar-refractivity contribution in [3.05, 3.63) is 24.3 Å². The molecule has 3 rings (SSSR count). The fourth-order valence-corrected chi connectivity index (χ4v) is 2.89. The Kier molecular flexibility index (Phi) is 4.77. The van der Waals surface area contributed by atoms with Crippen molar-refractivity contribution < 1.29 is 9.47 Å². The zero-order valence-corrected chi connectivity index (χ0v) is 12.0. The first-order chi connectivity index (χ1) is 9.93. The summed E-state index contributed by atoms with van der Waals surface area (Å²) in [5, 5.41) is 3.44. The largest absolute Gasteiger partial charge is 0.489 e. The lowest BCUT2D eigenvalue weighted by atomic mass is 10.2. The van der Waals surface area contributed by atoms with Crippen molar-refractivity contribution in [1.29, 1.82) is 0 Å². The Bertz CT molecular complexity index is 411. The van der Waals surface area contributed by atoms with E-state index in [9.17, 15) is 0 Å². The maximum absolute atomic E-state index is 6.03. The van der Waals surface area contributed by atoms with Crippen LogP contribution in [0.1, 0.15) is 19.3 Å². The molecule has 20 heavy (non-hydrogen) atoms. The first kappa shape index (κ1) is 13.7. The highest BCUT2D eigenvalue weighted by molar-refractivity contribution is 5.58. The SMILES string of the molecule is c1ccc(N2CCCNCC2)c(OCC2CCCO2)c1. The van der Waals surface area contributed by atoms with Gasteiger partial charge in [0.25, 0.3) is 0 Å². The van der Waals surface area contributed by atoms with Gasteiger partial charge < -0.3 is 19.7 Å². The zero-order chi connectivity index (χ0) is 13.6. The molecule has 110 valence electrons. The van der Waals surface area contributed by atoms with Crippen LogP contribution in [0.15, 0.2) is 24.3 Å². The van der Waals surface area contributed by atoms with Gasteiger partial charge in [-0.3, -0.25) is 0 Å². The molecule has 2 aliphatic heterocycles.